The number of ether oxygens (including phenoxy) is 1. The van der Waals surface area contributed by atoms with E-state index in [2.05, 4.69) is 51.5 Å². The average Bonchev–Trinajstić information content (AvgIpc) is 3.39. The number of pyridine rings is 1. The van der Waals surface area contributed by atoms with Crippen LogP contribution in [0.4, 0.5) is 11.6 Å². The van der Waals surface area contributed by atoms with E-state index >= 15 is 0 Å². The molecule has 0 amide bonds. The molecule has 1 fully saturated rings. The van der Waals surface area contributed by atoms with Gasteiger partial charge in [-0.2, -0.15) is 5.10 Å². The number of fused-ring (bicyclic) bond motifs is 1. The highest BCUT2D eigenvalue weighted by molar-refractivity contribution is 5.73. The molecule has 0 unspecified atom stereocenters. The highest BCUT2D eigenvalue weighted by Crippen LogP contribution is 2.27. The maximum Gasteiger partial charge on any atom is 0.153 e. The summed E-state index contributed by atoms with van der Waals surface area (Å²) in [7, 11) is 0. The molecule has 2 aliphatic rings. The quantitative estimate of drug-likeness (QED) is 0.739. The number of aryl methyl sites for hydroxylation is 1. The molecule has 0 saturated carbocycles. The van der Waals surface area contributed by atoms with Crippen LogP contribution in [0, 0.1) is 0 Å². The molecule has 1 aliphatic heterocycles. The molecule has 2 aromatic heterocycles. The largest absolute Gasteiger partial charge is 0.374 e. The fourth-order valence-electron chi connectivity index (χ4n) is 3.68. The second-order valence-corrected chi connectivity index (χ2v) is 6.90. The second kappa shape index (κ2) is 8.01. The lowest BCUT2D eigenvalue weighted by Gasteiger charge is -2.14. The molecule has 1 aliphatic carbocycles. The smallest absolute Gasteiger partial charge is 0.153 e. The van der Waals surface area contributed by atoms with Gasteiger partial charge < -0.3 is 15.0 Å². The fourth-order valence-corrected chi connectivity index (χ4v) is 3.68. The Morgan fingerprint density at radius 2 is 2.15 bits per heavy atom. The molecule has 0 aromatic carbocycles. The van der Waals surface area contributed by atoms with E-state index in [4.69, 9.17) is 4.74 Å². The van der Waals surface area contributed by atoms with Gasteiger partial charge in [0.15, 0.2) is 5.82 Å². The van der Waals surface area contributed by atoms with Gasteiger partial charge in [-0.25, -0.2) is 4.98 Å². The van der Waals surface area contributed by atoms with Crippen LogP contribution in [-0.2, 0) is 24.3 Å². The topological polar surface area (TPSA) is 55.2 Å². The Labute approximate surface area is 154 Å². The molecule has 138 valence electrons. The summed E-state index contributed by atoms with van der Waals surface area (Å²) >= 11 is 0. The van der Waals surface area contributed by atoms with Crippen LogP contribution in [-0.4, -0.2) is 45.9 Å². The monoisotopic (exact) mass is 353 g/mol. The lowest BCUT2D eigenvalue weighted by molar-refractivity contribution is 0.0946. The third-order valence-corrected chi connectivity index (χ3v) is 5.11. The molecule has 0 spiro atoms. The molecular weight excluding hydrogens is 326 g/mol. The van der Waals surface area contributed by atoms with Crippen molar-refractivity contribution in [3.05, 3.63) is 41.2 Å². The summed E-state index contributed by atoms with van der Waals surface area (Å²) < 4.78 is 7.90. The van der Waals surface area contributed by atoms with E-state index < -0.39 is 0 Å². The van der Waals surface area contributed by atoms with Crippen molar-refractivity contribution in [2.24, 2.45) is 0 Å². The molecule has 6 heteroatoms. The molecular formula is C20H27N5O. The molecule has 0 bridgehead atoms. The van der Waals surface area contributed by atoms with E-state index in [1.165, 1.54) is 37.1 Å². The molecule has 1 N–H and O–H groups in total. The van der Waals surface area contributed by atoms with Crippen LogP contribution < -0.4 is 5.32 Å². The number of hydrogen-bond donors (Lipinski definition) is 1. The molecule has 2 aromatic rings. The van der Waals surface area contributed by atoms with E-state index in [0.29, 0.717) is 6.61 Å². The summed E-state index contributed by atoms with van der Waals surface area (Å²) in [5, 5.41) is 8.03. The standard InChI is InChI=1S/C20H27N5O/c1-2-25-17(15-26-13-12-24-10-3-4-11-24)14-19(23-25)22-20-18-7-5-6-16(18)8-9-21-20/h5,7-9,14H,2-4,6,10-13,15H2,1H3,(H,21,22,23). The number of aromatic nitrogens is 3. The van der Waals surface area contributed by atoms with Crippen LogP contribution in [0.2, 0.25) is 0 Å². The molecule has 3 heterocycles. The molecule has 0 atom stereocenters. The van der Waals surface area contributed by atoms with Gasteiger partial charge >= 0.3 is 0 Å². The Balaban J connectivity index is 1.37. The molecule has 6 nitrogen and oxygen atoms in total. The van der Waals surface area contributed by atoms with Crippen molar-refractivity contribution < 1.29 is 4.74 Å². The zero-order chi connectivity index (χ0) is 17.8. The first kappa shape index (κ1) is 17.2. The van der Waals surface area contributed by atoms with Gasteiger partial charge in [0.1, 0.15) is 5.82 Å². The minimum Gasteiger partial charge on any atom is -0.374 e. The lowest BCUT2D eigenvalue weighted by Crippen LogP contribution is -2.24. The predicted octanol–water partition coefficient (Wildman–Crippen LogP) is 3.22. The zero-order valence-electron chi connectivity index (χ0n) is 15.4. The maximum absolute atomic E-state index is 5.90. The molecule has 1 saturated heterocycles. The van der Waals surface area contributed by atoms with Crippen LogP contribution >= 0.6 is 0 Å². The van der Waals surface area contributed by atoms with E-state index in [1.807, 2.05) is 10.9 Å². The first-order valence-electron chi connectivity index (χ1n) is 9.62. The van der Waals surface area contributed by atoms with Gasteiger partial charge in [0.25, 0.3) is 0 Å². The summed E-state index contributed by atoms with van der Waals surface area (Å²) in [5.41, 5.74) is 3.57. The van der Waals surface area contributed by atoms with E-state index in [0.717, 1.165) is 43.4 Å². The predicted molar refractivity (Wildman–Crippen MR) is 103 cm³/mol. The Hall–Kier alpha value is -2.18. The molecule has 4 rings (SSSR count). The van der Waals surface area contributed by atoms with Gasteiger partial charge in [0.2, 0.25) is 0 Å². The van der Waals surface area contributed by atoms with Gasteiger partial charge in [0, 0.05) is 30.9 Å². The van der Waals surface area contributed by atoms with Crippen LogP contribution in [0.3, 0.4) is 0 Å². The first-order valence-corrected chi connectivity index (χ1v) is 9.62. The Morgan fingerprint density at radius 1 is 1.27 bits per heavy atom. The average molecular weight is 353 g/mol. The fraction of sp³-hybridized carbons (Fsp3) is 0.500. The SMILES string of the molecule is CCn1nc(Nc2nccc3c2C=CC3)cc1COCCN1CCCC1. The Kier molecular flexibility index (Phi) is 5.32. The molecule has 26 heavy (non-hydrogen) atoms. The normalized spacial score (nSPS) is 16.3. The Bertz CT molecular complexity index is 777. The van der Waals surface area contributed by atoms with Gasteiger partial charge in [-0.1, -0.05) is 12.2 Å². The van der Waals surface area contributed by atoms with E-state index in [1.54, 1.807) is 0 Å². The summed E-state index contributed by atoms with van der Waals surface area (Å²) in [6, 6.07) is 4.14. The summed E-state index contributed by atoms with van der Waals surface area (Å²) in [6.07, 6.45) is 9.78. The molecule has 0 radical (unpaired) electrons. The van der Waals surface area contributed by atoms with Crippen molar-refractivity contribution in [3.8, 4) is 0 Å². The number of allylic oxidation sites excluding steroid dienone is 1. The van der Waals surface area contributed by atoms with Gasteiger partial charge in [-0.3, -0.25) is 4.68 Å². The van der Waals surface area contributed by atoms with Gasteiger partial charge in [-0.15, -0.1) is 0 Å². The van der Waals surface area contributed by atoms with Crippen LogP contribution in [0.15, 0.2) is 24.4 Å². The van der Waals surface area contributed by atoms with Crippen molar-refractivity contribution in [1.82, 2.24) is 19.7 Å². The van der Waals surface area contributed by atoms with Crippen LogP contribution in [0.5, 0.6) is 0 Å². The van der Waals surface area contributed by atoms with Crippen molar-refractivity contribution in [2.75, 3.05) is 31.6 Å². The maximum atomic E-state index is 5.90. The van der Waals surface area contributed by atoms with Crippen molar-refractivity contribution in [2.45, 2.75) is 39.3 Å². The number of rotatable bonds is 8. The highest BCUT2D eigenvalue weighted by Gasteiger charge is 2.14. The minimum absolute atomic E-state index is 0.594. The van der Waals surface area contributed by atoms with Gasteiger partial charge in [0.05, 0.1) is 18.9 Å². The van der Waals surface area contributed by atoms with E-state index in [9.17, 15) is 0 Å². The Morgan fingerprint density at radius 3 is 3.00 bits per heavy atom. The summed E-state index contributed by atoms with van der Waals surface area (Å²) in [6.45, 7) is 7.75. The highest BCUT2D eigenvalue weighted by atomic mass is 16.5. The number of anilines is 2. The van der Waals surface area contributed by atoms with Crippen LogP contribution in [0.1, 0.15) is 36.6 Å². The van der Waals surface area contributed by atoms with Crippen molar-refractivity contribution in [1.29, 1.82) is 0 Å². The van der Waals surface area contributed by atoms with Crippen molar-refractivity contribution >= 4 is 17.7 Å². The van der Waals surface area contributed by atoms with Crippen molar-refractivity contribution in [3.63, 3.8) is 0 Å². The first-order chi connectivity index (χ1) is 12.8. The third kappa shape index (κ3) is 3.81. The third-order valence-electron chi connectivity index (χ3n) is 5.11. The number of hydrogen-bond acceptors (Lipinski definition) is 5. The lowest BCUT2D eigenvalue weighted by atomic mass is 10.1. The number of likely N-dealkylation sites (tertiary alicyclic amines) is 1. The number of nitrogens with one attached hydrogen (secondary N) is 1. The number of nitrogens with zero attached hydrogens (tertiary/aromatic N) is 4. The van der Waals surface area contributed by atoms with E-state index in [-0.39, 0.29) is 0 Å². The summed E-state index contributed by atoms with van der Waals surface area (Å²) in [5.74, 6) is 1.70. The van der Waals surface area contributed by atoms with Gasteiger partial charge in [-0.05, 0) is 50.9 Å². The van der Waals surface area contributed by atoms with Crippen LogP contribution in [0.25, 0.3) is 6.08 Å². The zero-order valence-corrected chi connectivity index (χ0v) is 15.4. The minimum atomic E-state index is 0.594. The second-order valence-electron chi connectivity index (χ2n) is 6.90. The summed E-state index contributed by atoms with van der Waals surface area (Å²) in [4.78, 5) is 6.95.